The van der Waals surface area contributed by atoms with Crippen molar-refractivity contribution in [2.45, 2.75) is 69.1 Å². The van der Waals surface area contributed by atoms with Gasteiger partial charge in [0.1, 0.15) is 0 Å². The molecule has 3 heterocycles. The van der Waals surface area contributed by atoms with Gasteiger partial charge in [0.25, 0.3) is 0 Å². The van der Waals surface area contributed by atoms with Gasteiger partial charge in [-0.05, 0) is 31.5 Å². The molecule has 0 unspecified atom stereocenters. The van der Waals surface area contributed by atoms with E-state index < -0.39 is 11.6 Å². The van der Waals surface area contributed by atoms with Gasteiger partial charge in [-0.1, -0.05) is 50.7 Å². The van der Waals surface area contributed by atoms with E-state index in [2.05, 4.69) is 51.9 Å². The number of rotatable bonds is 8. The molecule has 4 N–H and O–H groups in total. The summed E-state index contributed by atoms with van der Waals surface area (Å²) in [4.78, 5) is 16.3. The summed E-state index contributed by atoms with van der Waals surface area (Å²) < 4.78 is 7.29. The number of aromatic amines is 1. The van der Waals surface area contributed by atoms with E-state index in [4.69, 9.17) is 10.2 Å². The van der Waals surface area contributed by atoms with Gasteiger partial charge in [-0.2, -0.15) is 0 Å². The Kier molecular flexibility index (Phi) is 6.60. The average molecular weight is 481 g/mol. The number of thioether (sulfide) groups is 1. The van der Waals surface area contributed by atoms with Crippen molar-refractivity contribution in [2.24, 2.45) is 5.73 Å². The summed E-state index contributed by atoms with van der Waals surface area (Å²) in [5, 5.41) is 14.1. The zero-order valence-corrected chi connectivity index (χ0v) is 21.1. The van der Waals surface area contributed by atoms with Crippen LogP contribution in [0.4, 0.5) is 0 Å². The molecule has 0 spiro atoms. The first kappa shape index (κ1) is 24.1. The van der Waals surface area contributed by atoms with Crippen molar-refractivity contribution in [3.8, 4) is 0 Å². The van der Waals surface area contributed by atoms with Crippen LogP contribution in [0.25, 0.3) is 10.9 Å². The quantitative estimate of drug-likeness (QED) is 0.322. The van der Waals surface area contributed by atoms with Crippen LogP contribution in [0.1, 0.15) is 57.6 Å². The van der Waals surface area contributed by atoms with E-state index in [0.717, 1.165) is 27.2 Å². The number of aromatic nitrogens is 4. The summed E-state index contributed by atoms with van der Waals surface area (Å²) in [6.45, 7) is 10.3. The van der Waals surface area contributed by atoms with Crippen LogP contribution in [-0.4, -0.2) is 35.9 Å². The second-order valence-corrected chi connectivity index (χ2v) is 11.9. The van der Waals surface area contributed by atoms with Crippen molar-refractivity contribution >= 4 is 28.6 Å². The number of fused-ring (bicyclic) bond motifs is 1. The molecule has 1 atom stereocenters. The molecule has 0 saturated heterocycles. The highest BCUT2D eigenvalue weighted by Crippen LogP contribution is 2.33. The van der Waals surface area contributed by atoms with Crippen LogP contribution in [0.15, 0.2) is 58.6 Å². The first-order chi connectivity index (χ1) is 16.0. The maximum atomic E-state index is 13.0. The number of nitrogens with one attached hydrogen (secondary N) is 2. The number of carbonyl (C=O) groups is 1. The molecular weight excluding hydrogens is 448 g/mol. The number of nitrogens with two attached hydrogens (primary N) is 1. The molecule has 0 fully saturated rings. The minimum absolute atomic E-state index is 0.0622. The lowest BCUT2D eigenvalue weighted by atomic mass is 10.0. The van der Waals surface area contributed by atoms with Crippen LogP contribution < -0.4 is 11.1 Å². The van der Waals surface area contributed by atoms with Crippen LogP contribution in [-0.2, 0) is 17.8 Å². The highest BCUT2D eigenvalue weighted by molar-refractivity contribution is 8.00. The third kappa shape index (κ3) is 5.53. The van der Waals surface area contributed by atoms with Gasteiger partial charge in [0.15, 0.2) is 11.0 Å². The molecule has 0 aliphatic rings. The van der Waals surface area contributed by atoms with Crippen LogP contribution in [0.3, 0.4) is 0 Å². The molecule has 3 aromatic heterocycles. The largest absolute Gasteiger partial charge is 0.472 e. The number of benzene rings is 1. The first-order valence-electron chi connectivity index (χ1n) is 11.3. The lowest BCUT2D eigenvalue weighted by Gasteiger charge is -2.25. The van der Waals surface area contributed by atoms with Crippen LogP contribution in [0.2, 0.25) is 0 Å². The topological polar surface area (TPSA) is 115 Å². The fraction of sp³-hybridized carbons (Fsp3) is 0.400. The van der Waals surface area contributed by atoms with Crippen molar-refractivity contribution < 1.29 is 9.21 Å². The zero-order valence-electron chi connectivity index (χ0n) is 20.3. The Bertz CT molecular complexity index is 1260. The summed E-state index contributed by atoms with van der Waals surface area (Å²) in [5.74, 6) is 0.427. The van der Waals surface area contributed by atoms with E-state index in [9.17, 15) is 4.79 Å². The number of nitrogens with zero attached hydrogens (tertiary/aromatic N) is 3. The standard InChI is InChI=1S/C25H32N6O2S/c1-24(2,3)34-23-30-29-21(31(23)14-16-10-11-33-15-16)20(28-22(32)25(4,5)26)12-17-13-27-19-9-7-6-8-18(17)19/h6-11,13,15,20,27H,12,14,26H2,1-5H3,(H,28,32)/t20-/m1/s1. The first-order valence-corrected chi connectivity index (χ1v) is 12.1. The Labute approximate surface area is 203 Å². The zero-order chi connectivity index (χ0) is 24.5. The van der Waals surface area contributed by atoms with Crippen molar-refractivity contribution in [1.82, 2.24) is 25.1 Å². The van der Waals surface area contributed by atoms with Gasteiger partial charge in [-0.25, -0.2) is 0 Å². The summed E-state index contributed by atoms with van der Waals surface area (Å²) in [6.07, 6.45) is 5.89. The summed E-state index contributed by atoms with van der Waals surface area (Å²) in [7, 11) is 0. The molecule has 0 aliphatic carbocycles. The Morgan fingerprint density at radius 3 is 2.65 bits per heavy atom. The second kappa shape index (κ2) is 9.31. The second-order valence-electron chi connectivity index (χ2n) is 10.1. The van der Waals surface area contributed by atoms with E-state index >= 15 is 0 Å². The van der Waals surface area contributed by atoms with E-state index in [1.165, 1.54) is 0 Å². The fourth-order valence-corrected chi connectivity index (χ4v) is 4.59. The van der Waals surface area contributed by atoms with Crippen LogP contribution in [0.5, 0.6) is 0 Å². The van der Waals surface area contributed by atoms with Crippen molar-refractivity contribution in [2.75, 3.05) is 0 Å². The number of amides is 1. The predicted octanol–water partition coefficient (Wildman–Crippen LogP) is 4.43. The molecule has 0 radical (unpaired) electrons. The maximum Gasteiger partial charge on any atom is 0.240 e. The monoisotopic (exact) mass is 480 g/mol. The van der Waals surface area contributed by atoms with Gasteiger partial charge in [-0.3, -0.25) is 9.36 Å². The van der Waals surface area contributed by atoms with Gasteiger partial charge in [-0.15, -0.1) is 10.2 Å². The minimum Gasteiger partial charge on any atom is -0.472 e. The Hall–Kier alpha value is -3.04. The number of hydrogen-bond donors (Lipinski definition) is 3. The molecule has 9 heteroatoms. The van der Waals surface area contributed by atoms with Gasteiger partial charge in [0.2, 0.25) is 5.91 Å². The van der Waals surface area contributed by atoms with Crippen LogP contribution in [0, 0.1) is 0 Å². The third-order valence-corrected chi connectivity index (χ3v) is 6.46. The Balaban J connectivity index is 1.77. The van der Waals surface area contributed by atoms with Gasteiger partial charge >= 0.3 is 0 Å². The minimum atomic E-state index is -1.03. The summed E-state index contributed by atoms with van der Waals surface area (Å²) in [6, 6.07) is 9.61. The van der Waals surface area contributed by atoms with Gasteiger partial charge in [0, 0.05) is 33.8 Å². The maximum absolute atomic E-state index is 13.0. The molecule has 0 bridgehead atoms. The predicted molar refractivity (Wildman–Crippen MR) is 135 cm³/mol. The number of furan rings is 1. The lowest BCUT2D eigenvalue weighted by Crippen LogP contribution is -2.50. The smallest absolute Gasteiger partial charge is 0.240 e. The normalized spacial score (nSPS) is 13.4. The number of para-hydroxylation sites is 1. The van der Waals surface area contributed by atoms with Crippen LogP contribution >= 0.6 is 11.8 Å². The number of hydrogen-bond acceptors (Lipinski definition) is 6. The van der Waals surface area contributed by atoms with E-state index in [1.807, 2.05) is 30.5 Å². The Morgan fingerprint density at radius 1 is 1.21 bits per heavy atom. The lowest BCUT2D eigenvalue weighted by molar-refractivity contribution is -0.126. The molecular formula is C25H32N6O2S. The number of H-pyrrole nitrogens is 1. The highest BCUT2D eigenvalue weighted by atomic mass is 32.2. The molecule has 180 valence electrons. The van der Waals surface area contributed by atoms with E-state index in [0.29, 0.717) is 18.8 Å². The molecule has 4 aromatic rings. The molecule has 4 rings (SSSR count). The molecule has 0 aliphatic heterocycles. The molecule has 1 aromatic carbocycles. The van der Waals surface area contributed by atoms with Gasteiger partial charge < -0.3 is 20.5 Å². The summed E-state index contributed by atoms with van der Waals surface area (Å²) >= 11 is 1.64. The van der Waals surface area contributed by atoms with Crippen molar-refractivity contribution in [3.05, 3.63) is 66.0 Å². The van der Waals surface area contributed by atoms with Crippen molar-refractivity contribution in [3.63, 3.8) is 0 Å². The molecule has 8 nitrogen and oxygen atoms in total. The van der Waals surface area contributed by atoms with Gasteiger partial charge in [0.05, 0.1) is 30.7 Å². The van der Waals surface area contributed by atoms with Crippen molar-refractivity contribution in [1.29, 1.82) is 0 Å². The third-order valence-electron chi connectivity index (χ3n) is 5.36. The molecule has 34 heavy (non-hydrogen) atoms. The molecule has 1 amide bonds. The highest BCUT2D eigenvalue weighted by Gasteiger charge is 2.30. The number of carbonyl (C=O) groups excluding carboxylic acids is 1. The SMILES string of the molecule is CC(C)(C)Sc1nnc([C@@H](Cc2c[nH]c3ccccc23)NC(=O)C(C)(C)N)n1Cc1ccoc1. The Morgan fingerprint density at radius 2 is 1.97 bits per heavy atom. The van der Waals surface area contributed by atoms with E-state index in [-0.39, 0.29) is 10.7 Å². The average Bonchev–Trinajstić information content (AvgIpc) is 3.48. The van der Waals surface area contributed by atoms with E-state index in [1.54, 1.807) is 38.1 Å². The molecule has 0 saturated carbocycles. The summed E-state index contributed by atoms with van der Waals surface area (Å²) in [5.41, 5.74) is 8.22. The fourth-order valence-electron chi connectivity index (χ4n) is 3.69.